The van der Waals surface area contributed by atoms with E-state index < -0.39 is 10.0 Å². The number of fused-ring (bicyclic) bond motifs is 1. The highest BCUT2D eigenvalue weighted by molar-refractivity contribution is 7.89. The first-order valence-corrected chi connectivity index (χ1v) is 9.01. The summed E-state index contributed by atoms with van der Waals surface area (Å²) >= 11 is 6.16. The summed E-state index contributed by atoms with van der Waals surface area (Å²) in [5, 5.41) is 10.1. The molecular weight excluding hydrogens is 326 g/mol. The van der Waals surface area contributed by atoms with E-state index in [1.165, 1.54) is 16.7 Å². The molecule has 0 aliphatic carbocycles. The van der Waals surface area contributed by atoms with Crippen LogP contribution in [-0.2, 0) is 10.0 Å². The maximum Gasteiger partial charge on any atom is 0.245 e. The van der Waals surface area contributed by atoms with Gasteiger partial charge in [0.2, 0.25) is 10.0 Å². The number of aromatic nitrogens is 2. The van der Waals surface area contributed by atoms with Crippen LogP contribution in [0.1, 0.15) is 19.8 Å². The van der Waals surface area contributed by atoms with Crippen LogP contribution in [0.25, 0.3) is 11.0 Å². The van der Waals surface area contributed by atoms with Crippen LogP contribution in [0.3, 0.4) is 0 Å². The third-order valence-electron chi connectivity index (χ3n) is 4.25. The number of hydrogen-bond acceptors (Lipinski definition) is 4. The number of hydrogen-bond donors (Lipinski definition) is 2. The zero-order valence-corrected chi connectivity index (χ0v) is 13.7. The number of rotatable bonds is 3. The Kier molecular flexibility index (Phi) is 4.15. The van der Waals surface area contributed by atoms with Crippen LogP contribution in [-0.4, -0.2) is 47.0 Å². The van der Waals surface area contributed by atoms with Crippen LogP contribution in [0.2, 0.25) is 5.02 Å². The quantitative estimate of drug-likeness (QED) is 0.892. The third-order valence-corrected chi connectivity index (χ3v) is 6.57. The minimum atomic E-state index is -3.69. The van der Waals surface area contributed by atoms with Crippen molar-refractivity contribution in [2.45, 2.75) is 30.7 Å². The number of sulfonamides is 1. The van der Waals surface area contributed by atoms with Crippen LogP contribution in [0, 0.1) is 5.92 Å². The summed E-state index contributed by atoms with van der Waals surface area (Å²) in [6, 6.07) is 1.47. The number of H-pyrrole nitrogens is 1. The van der Waals surface area contributed by atoms with Crippen molar-refractivity contribution in [2.24, 2.45) is 5.92 Å². The average Bonchev–Trinajstić information content (AvgIpc) is 2.94. The van der Waals surface area contributed by atoms with Crippen LogP contribution < -0.4 is 0 Å². The molecule has 1 saturated heterocycles. The maximum absolute atomic E-state index is 13.0. The zero-order chi connectivity index (χ0) is 15.9. The fourth-order valence-electron chi connectivity index (χ4n) is 2.95. The number of aliphatic hydroxyl groups excluding tert-OH is 1. The van der Waals surface area contributed by atoms with Gasteiger partial charge < -0.3 is 10.1 Å². The Morgan fingerprint density at radius 1 is 1.50 bits per heavy atom. The van der Waals surface area contributed by atoms with Crippen molar-refractivity contribution >= 4 is 32.7 Å². The van der Waals surface area contributed by atoms with Crippen molar-refractivity contribution in [2.75, 3.05) is 13.2 Å². The molecular formula is C14H18ClN3O3S. The molecule has 2 N–H and O–H groups in total. The third kappa shape index (κ3) is 2.52. The summed E-state index contributed by atoms with van der Waals surface area (Å²) in [6.07, 6.45) is 4.54. The molecule has 1 aliphatic heterocycles. The Labute approximate surface area is 134 Å². The molecule has 2 atom stereocenters. The van der Waals surface area contributed by atoms with Gasteiger partial charge in [0, 0.05) is 31.6 Å². The molecule has 0 aromatic carbocycles. The van der Waals surface area contributed by atoms with Gasteiger partial charge in [-0.2, -0.15) is 4.31 Å². The van der Waals surface area contributed by atoms with Gasteiger partial charge in [0.05, 0.1) is 10.4 Å². The molecule has 0 saturated carbocycles. The Morgan fingerprint density at radius 3 is 3.00 bits per heavy atom. The molecule has 3 rings (SSSR count). The van der Waals surface area contributed by atoms with E-state index in [1.54, 1.807) is 6.07 Å². The van der Waals surface area contributed by atoms with Gasteiger partial charge in [-0.15, -0.1) is 0 Å². The molecule has 1 fully saturated rings. The van der Waals surface area contributed by atoms with Gasteiger partial charge in [-0.25, -0.2) is 13.4 Å². The number of halogens is 1. The summed E-state index contributed by atoms with van der Waals surface area (Å²) in [5.74, 6) is -0.0234. The van der Waals surface area contributed by atoms with E-state index in [0.29, 0.717) is 22.6 Å². The van der Waals surface area contributed by atoms with E-state index in [0.717, 1.165) is 12.8 Å². The Balaban J connectivity index is 2.08. The van der Waals surface area contributed by atoms with Gasteiger partial charge in [0.1, 0.15) is 10.5 Å². The van der Waals surface area contributed by atoms with Crippen LogP contribution in [0.5, 0.6) is 0 Å². The van der Waals surface area contributed by atoms with E-state index in [1.807, 2.05) is 6.92 Å². The first-order chi connectivity index (χ1) is 10.4. The van der Waals surface area contributed by atoms with Gasteiger partial charge in [0.25, 0.3) is 0 Å². The Morgan fingerprint density at radius 2 is 2.27 bits per heavy atom. The van der Waals surface area contributed by atoms with Gasteiger partial charge in [0.15, 0.2) is 0 Å². The predicted molar refractivity (Wildman–Crippen MR) is 84.3 cm³/mol. The zero-order valence-electron chi connectivity index (χ0n) is 12.2. The van der Waals surface area contributed by atoms with Crippen LogP contribution in [0.15, 0.2) is 23.4 Å². The number of aromatic amines is 1. The first-order valence-electron chi connectivity index (χ1n) is 7.19. The largest absolute Gasteiger partial charge is 0.396 e. The number of piperidine rings is 1. The molecule has 0 bridgehead atoms. The number of pyridine rings is 1. The van der Waals surface area contributed by atoms with E-state index >= 15 is 0 Å². The second-order valence-electron chi connectivity index (χ2n) is 5.72. The van der Waals surface area contributed by atoms with E-state index in [-0.39, 0.29) is 23.5 Å². The fraction of sp³-hybridized carbons (Fsp3) is 0.500. The second-order valence-corrected chi connectivity index (χ2v) is 7.99. The summed E-state index contributed by atoms with van der Waals surface area (Å²) in [7, 11) is -3.69. The van der Waals surface area contributed by atoms with Crippen molar-refractivity contribution in [1.82, 2.24) is 14.3 Å². The van der Waals surface area contributed by atoms with Crippen LogP contribution >= 0.6 is 11.6 Å². The molecule has 2 unspecified atom stereocenters. The highest BCUT2D eigenvalue weighted by Gasteiger charge is 2.36. The summed E-state index contributed by atoms with van der Waals surface area (Å²) < 4.78 is 27.5. The molecule has 0 spiro atoms. The summed E-state index contributed by atoms with van der Waals surface area (Å²) in [5.41, 5.74) is 0.453. The van der Waals surface area contributed by atoms with E-state index in [4.69, 9.17) is 11.6 Å². The molecule has 6 nitrogen and oxygen atoms in total. The molecule has 120 valence electrons. The van der Waals surface area contributed by atoms with Crippen molar-refractivity contribution < 1.29 is 13.5 Å². The highest BCUT2D eigenvalue weighted by Crippen LogP contribution is 2.33. The van der Waals surface area contributed by atoms with Crippen molar-refractivity contribution in [3.63, 3.8) is 0 Å². The molecule has 2 aromatic heterocycles. The van der Waals surface area contributed by atoms with Crippen molar-refractivity contribution in [1.29, 1.82) is 0 Å². The van der Waals surface area contributed by atoms with Crippen molar-refractivity contribution in [3.05, 3.63) is 23.5 Å². The molecule has 2 aromatic rings. The smallest absolute Gasteiger partial charge is 0.245 e. The lowest BCUT2D eigenvalue weighted by atomic mass is 9.96. The molecule has 22 heavy (non-hydrogen) atoms. The molecule has 0 amide bonds. The number of nitrogens with zero attached hydrogens (tertiary/aromatic N) is 2. The van der Waals surface area contributed by atoms with Crippen molar-refractivity contribution in [3.8, 4) is 0 Å². The first kappa shape index (κ1) is 15.7. The topological polar surface area (TPSA) is 86.3 Å². The van der Waals surface area contributed by atoms with Crippen LogP contribution in [0.4, 0.5) is 0 Å². The SMILES string of the molecule is CC1CCC(CO)CN1S(=O)(=O)c1c[nH]c2nccc(Cl)c12. The minimum Gasteiger partial charge on any atom is -0.396 e. The molecule has 3 heterocycles. The normalized spacial score (nSPS) is 24.0. The van der Waals surface area contributed by atoms with Gasteiger partial charge in [-0.05, 0) is 31.7 Å². The second kappa shape index (κ2) is 5.81. The van der Waals surface area contributed by atoms with E-state index in [2.05, 4.69) is 9.97 Å². The van der Waals surface area contributed by atoms with Gasteiger partial charge in [-0.3, -0.25) is 0 Å². The van der Waals surface area contributed by atoms with Gasteiger partial charge >= 0.3 is 0 Å². The lowest BCUT2D eigenvalue weighted by molar-refractivity contribution is 0.139. The van der Waals surface area contributed by atoms with Gasteiger partial charge in [-0.1, -0.05) is 11.6 Å². The lowest BCUT2D eigenvalue weighted by Crippen LogP contribution is -2.46. The maximum atomic E-state index is 13.0. The Hall–Kier alpha value is -1.15. The molecule has 8 heteroatoms. The molecule has 0 radical (unpaired) electrons. The summed E-state index contributed by atoms with van der Waals surface area (Å²) in [6.45, 7) is 2.21. The molecule has 1 aliphatic rings. The standard InChI is InChI=1S/C14H18ClN3O3S/c1-9-2-3-10(8-19)7-18(9)22(20,21)12-6-17-14-13(12)11(15)4-5-16-14/h4-6,9-10,19H,2-3,7-8H2,1H3,(H,16,17). The minimum absolute atomic E-state index is 0.00502. The lowest BCUT2D eigenvalue weighted by Gasteiger charge is -2.36. The monoisotopic (exact) mass is 343 g/mol. The predicted octanol–water partition coefficient (Wildman–Crippen LogP) is 2.00. The fourth-order valence-corrected chi connectivity index (χ4v) is 5.16. The summed E-state index contributed by atoms with van der Waals surface area (Å²) in [4.78, 5) is 7.12. The van der Waals surface area contributed by atoms with E-state index in [9.17, 15) is 13.5 Å². The Bertz CT molecular complexity index is 790. The highest BCUT2D eigenvalue weighted by atomic mass is 35.5. The number of nitrogens with one attached hydrogen (secondary N) is 1. The average molecular weight is 344 g/mol. The number of aliphatic hydroxyl groups is 1.